The number of carbonyl (C=O) groups is 2. The number of rotatable bonds is 5. The van der Waals surface area contributed by atoms with Gasteiger partial charge in [-0.25, -0.2) is 0 Å². The molecule has 13 heteroatoms. The van der Waals surface area contributed by atoms with Gasteiger partial charge in [0.25, 0.3) is 17.5 Å². The summed E-state index contributed by atoms with van der Waals surface area (Å²) in [5.74, 6) is -1.25. The standard InChI is InChI=1S/C13H18N4O3.C13H20N4O.CH4O/c1-9-8-15(2)5-6-16(9)10-3-4-12(17(19)20)11(7-10)13(14)18;1-9-8-16(2)5-6-17(9)10-3-4-12(14)11(7-10)13(15)18;1-2/h3-4,7,9H,5-6,8H2,1-2H3,(H2,14,18);3-4,7,9H,5-6,8,14H2,1-2H3,(H2,15,18);2H,1H3/t2*9-;/m11./s1. The average Bonchev–Trinajstić information content (AvgIpc) is 2.90. The summed E-state index contributed by atoms with van der Waals surface area (Å²) in [7, 11) is 5.17. The fraction of sp³-hybridized carbons (Fsp3) is 0.481. The summed E-state index contributed by atoms with van der Waals surface area (Å²) in [5, 5.41) is 17.9. The monoisotopic (exact) mass is 558 g/mol. The van der Waals surface area contributed by atoms with E-state index >= 15 is 0 Å². The van der Waals surface area contributed by atoms with Crippen LogP contribution in [0.25, 0.3) is 0 Å². The highest BCUT2D eigenvalue weighted by Gasteiger charge is 2.25. The maximum atomic E-state index is 11.4. The molecular formula is C27H42N8O5. The van der Waals surface area contributed by atoms with E-state index in [4.69, 9.17) is 22.3 Å². The summed E-state index contributed by atoms with van der Waals surface area (Å²) in [6.45, 7) is 9.86. The van der Waals surface area contributed by atoms with E-state index in [0.29, 0.717) is 17.3 Å². The van der Waals surface area contributed by atoms with Crippen LogP contribution in [-0.2, 0) is 0 Å². The van der Waals surface area contributed by atoms with E-state index in [1.54, 1.807) is 18.2 Å². The number of anilines is 3. The Labute approximate surface area is 235 Å². The van der Waals surface area contributed by atoms with Crippen LogP contribution in [0.1, 0.15) is 34.6 Å². The van der Waals surface area contributed by atoms with Gasteiger partial charge >= 0.3 is 0 Å². The Morgan fingerprint density at radius 1 is 0.825 bits per heavy atom. The number of hydrogen-bond donors (Lipinski definition) is 4. The van der Waals surface area contributed by atoms with Gasteiger partial charge in [0.1, 0.15) is 5.56 Å². The molecule has 0 aliphatic carbocycles. The zero-order valence-corrected chi connectivity index (χ0v) is 23.9. The van der Waals surface area contributed by atoms with Crippen LogP contribution in [0.2, 0.25) is 0 Å². The molecule has 2 aromatic rings. The highest BCUT2D eigenvalue weighted by atomic mass is 16.6. The number of nitrogen functional groups attached to an aromatic ring is 1. The molecule has 0 spiro atoms. The number of aliphatic hydroxyl groups is 1. The van der Waals surface area contributed by atoms with Gasteiger partial charge in [-0.15, -0.1) is 0 Å². The summed E-state index contributed by atoms with van der Waals surface area (Å²) in [6, 6.07) is 10.7. The summed E-state index contributed by atoms with van der Waals surface area (Å²) in [5.41, 5.74) is 18.7. The number of nitro groups is 1. The van der Waals surface area contributed by atoms with Gasteiger partial charge in [0.15, 0.2) is 0 Å². The van der Waals surface area contributed by atoms with Crippen LogP contribution < -0.4 is 27.0 Å². The number of amides is 2. The average molecular weight is 559 g/mol. The van der Waals surface area contributed by atoms with Gasteiger partial charge in [0.2, 0.25) is 0 Å². The topological polar surface area (TPSA) is 189 Å². The first-order chi connectivity index (χ1) is 18.9. The summed E-state index contributed by atoms with van der Waals surface area (Å²) < 4.78 is 0. The van der Waals surface area contributed by atoms with E-state index in [0.717, 1.165) is 57.8 Å². The van der Waals surface area contributed by atoms with E-state index in [1.807, 2.05) is 6.07 Å². The number of carbonyl (C=O) groups excluding carboxylic acids is 2. The fourth-order valence-electron chi connectivity index (χ4n) is 5.04. The molecule has 0 radical (unpaired) electrons. The largest absolute Gasteiger partial charge is 0.400 e. The molecule has 220 valence electrons. The summed E-state index contributed by atoms with van der Waals surface area (Å²) in [6.07, 6.45) is 0. The van der Waals surface area contributed by atoms with Gasteiger partial charge in [-0.3, -0.25) is 19.7 Å². The lowest BCUT2D eigenvalue weighted by Gasteiger charge is -2.40. The molecule has 2 aliphatic heterocycles. The molecule has 0 unspecified atom stereocenters. The number of nitro benzene ring substituents is 1. The molecule has 0 aromatic heterocycles. The third-order valence-electron chi connectivity index (χ3n) is 7.07. The maximum Gasteiger partial charge on any atom is 0.282 e. The van der Waals surface area contributed by atoms with Crippen molar-refractivity contribution >= 4 is 34.6 Å². The van der Waals surface area contributed by atoms with E-state index in [1.165, 1.54) is 12.1 Å². The van der Waals surface area contributed by atoms with Crippen molar-refractivity contribution in [1.29, 1.82) is 0 Å². The number of hydrogen-bond acceptors (Lipinski definition) is 10. The lowest BCUT2D eigenvalue weighted by molar-refractivity contribution is -0.385. The summed E-state index contributed by atoms with van der Waals surface area (Å²) >= 11 is 0. The van der Waals surface area contributed by atoms with Gasteiger partial charge in [0.05, 0.1) is 10.5 Å². The van der Waals surface area contributed by atoms with Crippen molar-refractivity contribution in [2.75, 3.05) is 76.0 Å². The van der Waals surface area contributed by atoms with Crippen LogP contribution in [-0.4, -0.2) is 104 Å². The second-order valence-corrected chi connectivity index (χ2v) is 10.1. The van der Waals surface area contributed by atoms with E-state index in [2.05, 4.69) is 47.5 Å². The number of aliphatic hydroxyl groups excluding tert-OH is 1. The molecule has 13 nitrogen and oxygen atoms in total. The Bertz CT molecular complexity index is 1190. The lowest BCUT2D eigenvalue weighted by atomic mass is 10.1. The molecule has 0 saturated carbocycles. The predicted molar refractivity (Wildman–Crippen MR) is 158 cm³/mol. The molecule has 40 heavy (non-hydrogen) atoms. The highest BCUT2D eigenvalue weighted by Crippen LogP contribution is 2.27. The Morgan fingerprint density at radius 2 is 1.25 bits per heavy atom. The van der Waals surface area contributed by atoms with E-state index in [9.17, 15) is 19.7 Å². The van der Waals surface area contributed by atoms with Crippen molar-refractivity contribution < 1.29 is 19.6 Å². The van der Waals surface area contributed by atoms with Crippen LogP contribution in [0.3, 0.4) is 0 Å². The number of benzene rings is 2. The Kier molecular flexibility index (Phi) is 11.7. The number of piperazine rings is 2. The minimum Gasteiger partial charge on any atom is -0.400 e. The van der Waals surface area contributed by atoms with E-state index < -0.39 is 16.7 Å². The molecule has 4 rings (SSSR count). The van der Waals surface area contributed by atoms with Crippen LogP contribution in [0.5, 0.6) is 0 Å². The van der Waals surface area contributed by atoms with Crippen LogP contribution in [0.15, 0.2) is 36.4 Å². The number of likely N-dealkylation sites (N-methyl/N-ethyl adjacent to an activating group) is 2. The zero-order valence-electron chi connectivity index (χ0n) is 23.9. The second kappa shape index (κ2) is 14.4. The normalized spacial score (nSPS) is 19.6. The molecule has 2 aliphatic rings. The number of nitrogens with zero attached hydrogens (tertiary/aromatic N) is 5. The maximum absolute atomic E-state index is 11.4. The third kappa shape index (κ3) is 8.04. The third-order valence-corrected chi connectivity index (χ3v) is 7.07. The molecule has 0 bridgehead atoms. The molecule has 2 saturated heterocycles. The van der Waals surface area contributed by atoms with Gasteiger partial charge < -0.3 is 41.9 Å². The molecule has 2 aromatic carbocycles. The smallest absolute Gasteiger partial charge is 0.282 e. The first kappa shape index (κ1) is 32.3. The SMILES string of the molecule is CO.C[C@@H]1CN(C)CCN1c1ccc(N)c(C(N)=O)c1.C[C@@H]1CN(C)CCN1c1ccc([N+](=O)[O-])c(C(N)=O)c1. The van der Waals surface area contributed by atoms with E-state index in [-0.39, 0.29) is 17.3 Å². The molecule has 2 heterocycles. The first-order valence-electron chi connectivity index (χ1n) is 13.0. The number of primary amides is 2. The molecule has 2 fully saturated rings. The highest BCUT2D eigenvalue weighted by molar-refractivity contribution is 5.99. The van der Waals surface area contributed by atoms with Crippen LogP contribution in [0.4, 0.5) is 22.7 Å². The zero-order chi connectivity index (χ0) is 30.1. The lowest BCUT2D eigenvalue weighted by Crippen LogP contribution is -2.50. The van der Waals surface area contributed by atoms with Gasteiger partial charge in [-0.2, -0.15) is 0 Å². The Hall–Kier alpha value is -3.94. The quantitative estimate of drug-likeness (QED) is 0.234. The first-order valence-corrected chi connectivity index (χ1v) is 13.0. The van der Waals surface area contributed by atoms with Gasteiger partial charge in [-0.1, -0.05) is 0 Å². The van der Waals surface area contributed by atoms with Crippen LogP contribution >= 0.6 is 0 Å². The Morgan fingerprint density at radius 3 is 1.65 bits per heavy atom. The molecule has 2 amide bonds. The number of nitrogens with two attached hydrogens (primary N) is 3. The minimum absolute atomic E-state index is 0.0429. The molecule has 2 atom stereocenters. The van der Waals surface area contributed by atoms with Crippen molar-refractivity contribution in [1.82, 2.24) is 9.80 Å². The Balaban J connectivity index is 0.000000265. The van der Waals surface area contributed by atoms with Crippen LogP contribution in [0, 0.1) is 10.1 Å². The minimum atomic E-state index is -0.777. The predicted octanol–water partition coefficient (Wildman–Crippen LogP) is 0.951. The van der Waals surface area contributed by atoms with Gasteiger partial charge in [0, 0.05) is 81.6 Å². The second-order valence-electron chi connectivity index (χ2n) is 10.1. The summed E-state index contributed by atoms with van der Waals surface area (Å²) in [4.78, 5) is 41.9. The molecule has 7 N–H and O–H groups in total. The fourth-order valence-corrected chi connectivity index (χ4v) is 5.04. The van der Waals surface area contributed by atoms with Crippen molar-refractivity contribution in [2.45, 2.75) is 25.9 Å². The van der Waals surface area contributed by atoms with Crippen molar-refractivity contribution in [3.8, 4) is 0 Å². The van der Waals surface area contributed by atoms with Crippen molar-refractivity contribution in [2.24, 2.45) is 11.5 Å². The molecular weight excluding hydrogens is 516 g/mol. The van der Waals surface area contributed by atoms with Crippen molar-refractivity contribution in [3.05, 3.63) is 57.6 Å². The van der Waals surface area contributed by atoms with Crippen molar-refractivity contribution in [3.63, 3.8) is 0 Å². The van der Waals surface area contributed by atoms with Gasteiger partial charge in [-0.05, 0) is 58.3 Å².